The lowest BCUT2D eigenvalue weighted by molar-refractivity contribution is -0.133. The first kappa shape index (κ1) is 30.2. The van der Waals surface area contributed by atoms with Crippen molar-refractivity contribution in [1.29, 1.82) is 0 Å². The lowest BCUT2D eigenvalue weighted by Crippen LogP contribution is -2.55. The highest BCUT2D eigenvalue weighted by Gasteiger charge is 2.31. The average molecular weight is 473 g/mol. The Morgan fingerprint density at radius 3 is 1.34 bits per heavy atom. The molecule has 0 saturated heterocycles. The number of nitrogens with one attached hydrogen (secondary N) is 4. The van der Waals surface area contributed by atoms with Gasteiger partial charge >= 0.3 is 0 Å². The summed E-state index contributed by atoms with van der Waals surface area (Å²) in [6.07, 6.45) is 0. The number of carbonyl (C=O) groups is 4. The molecule has 0 bridgehead atoms. The summed E-state index contributed by atoms with van der Waals surface area (Å²) < 4.78 is 0. The van der Waals surface area contributed by atoms with E-state index >= 15 is 0 Å². The fourth-order valence-corrected chi connectivity index (χ4v) is 3.37. The Morgan fingerprint density at radius 2 is 1.03 bits per heavy atom. The Kier molecular flexibility index (Phi) is 11.2. The highest BCUT2D eigenvalue weighted by molar-refractivity contribution is 7.99. The summed E-state index contributed by atoms with van der Waals surface area (Å²) in [6.45, 7) is 20.1. The molecule has 4 amide bonds. The molecule has 0 aliphatic carbocycles. The van der Waals surface area contributed by atoms with Crippen LogP contribution in [0, 0.1) is 11.3 Å². The van der Waals surface area contributed by atoms with Crippen LogP contribution in [0.4, 0.5) is 0 Å². The van der Waals surface area contributed by atoms with Crippen molar-refractivity contribution in [3.05, 3.63) is 0 Å². The lowest BCUT2D eigenvalue weighted by atomic mass is 9.95. The van der Waals surface area contributed by atoms with Gasteiger partial charge in [-0.2, -0.15) is 11.8 Å². The van der Waals surface area contributed by atoms with Crippen LogP contribution in [0.15, 0.2) is 0 Å². The van der Waals surface area contributed by atoms with Gasteiger partial charge in [0, 0.05) is 33.9 Å². The number of carbonyl (C=O) groups excluding carboxylic acids is 4. The molecular weight excluding hydrogens is 428 g/mol. The highest BCUT2D eigenvalue weighted by Crippen LogP contribution is 2.15. The average Bonchev–Trinajstić information content (AvgIpc) is 2.55. The summed E-state index contributed by atoms with van der Waals surface area (Å²) in [4.78, 5) is 50.3. The van der Waals surface area contributed by atoms with Gasteiger partial charge in [-0.25, -0.2) is 0 Å². The lowest BCUT2D eigenvalue weighted by Gasteiger charge is -2.28. The minimum atomic E-state index is -0.766. The second-order valence-electron chi connectivity index (χ2n) is 11.5. The Hall–Kier alpha value is -1.77. The topological polar surface area (TPSA) is 116 Å². The van der Waals surface area contributed by atoms with E-state index in [0.717, 1.165) is 0 Å². The van der Waals surface area contributed by atoms with Crippen LogP contribution >= 0.6 is 11.8 Å². The largest absolute Gasteiger partial charge is 0.350 e. The van der Waals surface area contributed by atoms with Gasteiger partial charge in [-0.15, -0.1) is 0 Å². The first-order valence-electron chi connectivity index (χ1n) is 11.1. The monoisotopic (exact) mass is 472 g/mol. The summed E-state index contributed by atoms with van der Waals surface area (Å²) in [5.74, 6) is -0.754. The highest BCUT2D eigenvalue weighted by atomic mass is 32.2. The summed E-state index contributed by atoms with van der Waals surface area (Å²) >= 11 is 1.33. The zero-order valence-electron chi connectivity index (χ0n) is 21.7. The van der Waals surface area contributed by atoms with Gasteiger partial charge in [0.2, 0.25) is 23.6 Å². The summed E-state index contributed by atoms with van der Waals surface area (Å²) in [5.41, 5.74) is -1.55. The normalized spacial score (nSPS) is 14.4. The molecule has 0 rings (SSSR count). The second-order valence-corrected chi connectivity index (χ2v) is 12.6. The first-order chi connectivity index (χ1) is 14.2. The molecule has 0 heterocycles. The second kappa shape index (κ2) is 11.9. The molecule has 8 nitrogen and oxygen atoms in total. The zero-order valence-corrected chi connectivity index (χ0v) is 22.5. The summed E-state index contributed by atoms with van der Waals surface area (Å²) in [7, 11) is 0. The smallest absolute Gasteiger partial charge is 0.243 e. The molecule has 0 fully saturated rings. The van der Waals surface area contributed by atoms with Crippen molar-refractivity contribution in [1.82, 2.24) is 21.3 Å². The van der Waals surface area contributed by atoms with Crippen molar-refractivity contribution in [2.24, 2.45) is 11.3 Å². The zero-order chi connectivity index (χ0) is 25.5. The molecule has 32 heavy (non-hydrogen) atoms. The van der Waals surface area contributed by atoms with Crippen LogP contribution in [0.3, 0.4) is 0 Å². The van der Waals surface area contributed by atoms with Gasteiger partial charge in [0.05, 0.1) is 0 Å². The maximum Gasteiger partial charge on any atom is 0.243 e. The molecule has 0 aliphatic heterocycles. The molecule has 0 saturated carbocycles. The van der Waals surface area contributed by atoms with Gasteiger partial charge in [0.25, 0.3) is 0 Å². The quantitative estimate of drug-likeness (QED) is 0.411. The van der Waals surface area contributed by atoms with E-state index in [1.165, 1.54) is 11.8 Å². The molecule has 9 heteroatoms. The fraction of sp³-hybridized carbons (Fsp3) is 0.826. The van der Waals surface area contributed by atoms with Crippen LogP contribution in [0.5, 0.6) is 0 Å². The van der Waals surface area contributed by atoms with Gasteiger partial charge in [-0.3, -0.25) is 19.2 Å². The maximum absolute atomic E-state index is 12.8. The number of rotatable bonds is 9. The molecule has 186 valence electrons. The fourth-order valence-electron chi connectivity index (χ4n) is 2.30. The molecule has 4 N–H and O–H groups in total. The molecular formula is C23H44N4O4S. The molecule has 0 spiro atoms. The van der Waals surface area contributed by atoms with E-state index in [1.54, 1.807) is 34.6 Å². The predicted octanol–water partition coefficient (Wildman–Crippen LogP) is 2.22. The third-order valence-corrected chi connectivity index (χ3v) is 5.16. The third kappa shape index (κ3) is 12.9. The van der Waals surface area contributed by atoms with E-state index < -0.39 is 28.6 Å². The van der Waals surface area contributed by atoms with Gasteiger partial charge < -0.3 is 21.3 Å². The summed E-state index contributed by atoms with van der Waals surface area (Å²) in [6, 6.07) is -1.52. The molecule has 0 aliphatic rings. The van der Waals surface area contributed by atoms with Crippen LogP contribution in [0.25, 0.3) is 0 Å². The molecule has 0 radical (unpaired) electrons. The minimum Gasteiger partial charge on any atom is -0.350 e. The van der Waals surface area contributed by atoms with Gasteiger partial charge in [-0.1, -0.05) is 34.6 Å². The number of amides is 4. The van der Waals surface area contributed by atoms with E-state index in [9.17, 15) is 19.2 Å². The molecule has 2 atom stereocenters. The van der Waals surface area contributed by atoms with Crippen LogP contribution in [0.1, 0.15) is 76.2 Å². The van der Waals surface area contributed by atoms with E-state index in [4.69, 9.17) is 0 Å². The van der Waals surface area contributed by atoms with Crippen molar-refractivity contribution >= 4 is 35.4 Å². The number of hydrogen-bond acceptors (Lipinski definition) is 5. The van der Waals surface area contributed by atoms with Crippen LogP contribution in [-0.4, -0.2) is 58.3 Å². The van der Waals surface area contributed by atoms with Crippen molar-refractivity contribution in [3.63, 3.8) is 0 Å². The maximum atomic E-state index is 12.8. The molecule has 2 unspecified atom stereocenters. The molecule has 0 aromatic carbocycles. The van der Waals surface area contributed by atoms with Gasteiger partial charge in [-0.05, 0) is 41.5 Å². The molecule has 0 aromatic heterocycles. The van der Waals surface area contributed by atoms with Crippen molar-refractivity contribution in [2.75, 3.05) is 11.5 Å². The standard InChI is InChI=1S/C23H44N4O4S/c1-14(2)17(28)24-15(18(29)26-22(6,7)8)12-32-13-16(19(30)27-23(9,10)11)25-20(31)21(3,4)5/h14-16H,12-13H2,1-11H3,(H,24,28)(H,25,31)(H,26,29)(H,27,30). The van der Waals surface area contributed by atoms with Crippen molar-refractivity contribution in [3.8, 4) is 0 Å². The summed E-state index contributed by atoms with van der Waals surface area (Å²) in [5, 5.41) is 11.4. The minimum absolute atomic E-state index is 0.220. The molecule has 0 aromatic rings. The third-order valence-electron chi connectivity index (χ3n) is 4.03. The van der Waals surface area contributed by atoms with Crippen LogP contribution in [-0.2, 0) is 19.2 Å². The van der Waals surface area contributed by atoms with E-state index in [-0.39, 0.29) is 41.1 Å². The number of thioether (sulfide) groups is 1. The van der Waals surface area contributed by atoms with Gasteiger partial charge in [0.1, 0.15) is 12.1 Å². The Balaban J connectivity index is 5.38. The number of hydrogen-bond donors (Lipinski definition) is 4. The van der Waals surface area contributed by atoms with E-state index in [0.29, 0.717) is 0 Å². The van der Waals surface area contributed by atoms with Gasteiger partial charge in [0.15, 0.2) is 0 Å². The predicted molar refractivity (Wildman–Crippen MR) is 131 cm³/mol. The van der Waals surface area contributed by atoms with E-state index in [2.05, 4.69) is 21.3 Å². The van der Waals surface area contributed by atoms with E-state index in [1.807, 2.05) is 41.5 Å². The first-order valence-corrected chi connectivity index (χ1v) is 12.2. The van der Waals surface area contributed by atoms with Crippen LogP contribution in [0.2, 0.25) is 0 Å². The van der Waals surface area contributed by atoms with Crippen molar-refractivity contribution in [2.45, 2.75) is 99.3 Å². The van der Waals surface area contributed by atoms with Crippen LogP contribution < -0.4 is 21.3 Å². The van der Waals surface area contributed by atoms with Crippen molar-refractivity contribution < 1.29 is 19.2 Å². The Bertz CT molecular complexity index is 673. The Labute approximate surface area is 198 Å². The Morgan fingerprint density at radius 1 is 0.656 bits per heavy atom. The SMILES string of the molecule is CC(C)C(=O)NC(CSCC(NC(=O)C(C)(C)C)C(=O)NC(C)(C)C)C(=O)NC(C)(C)C.